The van der Waals surface area contributed by atoms with Crippen LogP contribution in [-0.4, -0.2) is 36.4 Å². The van der Waals surface area contributed by atoms with Gasteiger partial charge in [-0.2, -0.15) is 0 Å². The van der Waals surface area contributed by atoms with E-state index in [4.69, 9.17) is 14.2 Å². The average Bonchev–Trinajstić information content (AvgIpc) is 3.61. The number of rotatable bonds is 10. The summed E-state index contributed by atoms with van der Waals surface area (Å²) in [5, 5.41) is 2.97. The first kappa shape index (κ1) is 25.0. The topological polar surface area (TPSA) is 65.5 Å². The molecule has 0 spiro atoms. The Morgan fingerprint density at radius 1 is 1.14 bits per heavy atom. The van der Waals surface area contributed by atoms with Crippen molar-refractivity contribution in [2.75, 3.05) is 25.6 Å². The summed E-state index contributed by atoms with van der Waals surface area (Å²) in [6, 6.07) is 4.50. The molecule has 4 rings (SSSR count). The zero-order valence-electron chi connectivity index (χ0n) is 19.9. The van der Waals surface area contributed by atoms with E-state index >= 15 is 4.39 Å². The first-order valence-corrected chi connectivity index (χ1v) is 11.3. The number of methoxy groups -OCH3 is 1. The van der Waals surface area contributed by atoms with Gasteiger partial charge in [-0.25, -0.2) is 27.5 Å². The van der Waals surface area contributed by atoms with Crippen molar-refractivity contribution in [3.8, 4) is 11.5 Å². The summed E-state index contributed by atoms with van der Waals surface area (Å²) in [4.78, 5) is 8.59. The molecule has 6 nitrogen and oxygen atoms in total. The zero-order chi connectivity index (χ0) is 25.3. The highest BCUT2D eigenvalue weighted by Gasteiger charge is 2.30. The second-order valence-corrected chi connectivity index (χ2v) is 8.62. The third-order valence-electron chi connectivity index (χ3n) is 5.71. The van der Waals surface area contributed by atoms with E-state index in [1.807, 2.05) is 0 Å². The molecule has 188 valence electrons. The van der Waals surface area contributed by atoms with Crippen LogP contribution in [-0.2, 0) is 10.7 Å². The van der Waals surface area contributed by atoms with Gasteiger partial charge in [0.2, 0.25) is 0 Å². The highest BCUT2D eigenvalue weighted by Crippen LogP contribution is 2.39. The van der Waals surface area contributed by atoms with Crippen LogP contribution in [0.4, 0.5) is 23.4 Å². The minimum Gasteiger partial charge on any atom is -0.493 e. The number of ether oxygens (including phenoxy) is 3. The molecular weight excluding hydrogens is 466 g/mol. The molecule has 35 heavy (non-hydrogen) atoms. The Hall–Kier alpha value is -3.14. The normalized spacial score (nSPS) is 14.7. The van der Waals surface area contributed by atoms with E-state index in [0.717, 1.165) is 18.9 Å². The fourth-order valence-corrected chi connectivity index (χ4v) is 3.82. The summed E-state index contributed by atoms with van der Waals surface area (Å²) < 4.78 is 74.8. The van der Waals surface area contributed by atoms with Crippen molar-refractivity contribution in [1.29, 1.82) is 0 Å². The number of aryl methyl sites for hydroxylation is 1. The number of hydrogen-bond acceptors (Lipinski definition) is 6. The molecule has 10 heteroatoms. The van der Waals surface area contributed by atoms with Gasteiger partial charge in [0, 0.05) is 18.6 Å². The average molecular weight is 494 g/mol. The molecule has 1 aliphatic carbocycles. The summed E-state index contributed by atoms with van der Waals surface area (Å²) in [5.41, 5.74) is -0.471. The minimum absolute atomic E-state index is 0.00365. The zero-order valence-corrected chi connectivity index (χ0v) is 19.9. The molecule has 1 saturated carbocycles. The van der Waals surface area contributed by atoms with E-state index in [9.17, 15) is 13.2 Å². The van der Waals surface area contributed by atoms with Gasteiger partial charge in [-0.3, -0.25) is 0 Å². The number of hydrogen-bond donors (Lipinski definition) is 1. The van der Waals surface area contributed by atoms with E-state index in [1.165, 1.54) is 25.3 Å². The lowest BCUT2D eigenvalue weighted by molar-refractivity contribution is 0.0136. The number of fused-ring (bicyclic) bond motifs is 1. The number of alkyl halides is 2. The van der Waals surface area contributed by atoms with Gasteiger partial charge in [-0.05, 0) is 26.7 Å². The smallest absolute Gasteiger partial charge is 0.273 e. The molecular formula is C25H27F4N3O3. The van der Waals surface area contributed by atoms with Gasteiger partial charge in [0.1, 0.15) is 24.1 Å². The van der Waals surface area contributed by atoms with Crippen LogP contribution < -0.4 is 14.8 Å². The monoisotopic (exact) mass is 493 g/mol. The molecule has 0 saturated heterocycles. The summed E-state index contributed by atoms with van der Waals surface area (Å²) in [5.74, 6) is -4.70. The summed E-state index contributed by atoms with van der Waals surface area (Å²) in [6.07, 6.45) is 2.26. The summed E-state index contributed by atoms with van der Waals surface area (Å²) in [6.45, 7) is 4.25. The maximum absolute atomic E-state index is 15.7. The number of anilines is 1. The Labute approximate surface area is 200 Å². The van der Waals surface area contributed by atoms with Crippen molar-refractivity contribution in [3.05, 3.63) is 52.9 Å². The Morgan fingerprint density at radius 3 is 2.54 bits per heavy atom. The van der Waals surface area contributed by atoms with Crippen LogP contribution in [0.2, 0.25) is 0 Å². The molecule has 2 aromatic carbocycles. The second-order valence-electron chi connectivity index (χ2n) is 8.62. The number of halogens is 4. The van der Waals surface area contributed by atoms with E-state index in [0.29, 0.717) is 19.4 Å². The van der Waals surface area contributed by atoms with Crippen molar-refractivity contribution < 1.29 is 31.8 Å². The largest absolute Gasteiger partial charge is 0.493 e. The van der Waals surface area contributed by atoms with Gasteiger partial charge < -0.3 is 19.5 Å². The molecule has 1 aromatic heterocycles. The van der Waals surface area contributed by atoms with Crippen LogP contribution in [0.15, 0.2) is 24.3 Å². The number of aromatic nitrogens is 2. The van der Waals surface area contributed by atoms with Crippen LogP contribution >= 0.6 is 0 Å². The van der Waals surface area contributed by atoms with Crippen molar-refractivity contribution in [2.45, 2.75) is 51.7 Å². The molecule has 0 amide bonds. The molecule has 0 aliphatic heterocycles. The van der Waals surface area contributed by atoms with Gasteiger partial charge in [-0.15, -0.1) is 0 Å². The lowest BCUT2D eigenvalue weighted by Crippen LogP contribution is -2.16. The first-order valence-electron chi connectivity index (χ1n) is 11.3. The predicted octanol–water partition coefficient (Wildman–Crippen LogP) is 6.07. The highest BCUT2D eigenvalue weighted by molar-refractivity contribution is 5.92. The molecule has 0 radical (unpaired) electrons. The Balaban J connectivity index is 1.69. The first-order chi connectivity index (χ1) is 16.6. The molecule has 1 atom stereocenters. The third kappa shape index (κ3) is 5.42. The molecule has 0 unspecified atom stereocenters. The predicted molar refractivity (Wildman–Crippen MR) is 123 cm³/mol. The van der Waals surface area contributed by atoms with Gasteiger partial charge >= 0.3 is 0 Å². The molecule has 1 N–H and O–H groups in total. The SMILES string of the molecule is COc1cc2nc(C)nc(N[C@H](C)c3cccc(C(C)(F)F)c3F)c2c(F)c1OCCOC1CC1. The van der Waals surface area contributed by atoms with E-state index in [-0.39, 0.29) is 46.5 Å². The quantitative estimate of drug-likeness (QED) is 0.273. The number of nitrogens with one attached hydrogen (secondary N) is 1. The number of nitrogens with zero attached hydrogens (tertiary/aromatic N) is 2. The van der Waals surface area contributed by atoms with Crippen molar-refractivity contribution in [2.24, 2.45) is 0 Å². The summed E-state index contributed by atoms with van der Waals surface area (Å²) >= 11 is 0. The molecule has 3 aromatic rings. The molecule has 1 fully saturated rings. The molecule has 0 bridgehead atoms. The van der Waals surface area contributed by atoms with Gasteiger partial charge in [0.05, 0.1) is 42.3 Å². The van der Waals surface area contributed by atoms with Crippen molar-refractivity contribution in [1.82, 2.24) is 9.97 Å². The van der Waals surface area contributed by atoms with Crippen molar-refractivity contribution in [3.63, 3.8) is 0 Å². The lowest BCUT2D eigenvalue weighted by atomic mass is 10.0. The minimum atomic E-state index is -3.35. The maximum atomic E-state index is 15.7. The standard InChI is InChI=1S/C25H27F4N3O3/c1-13(16-6-5-7-17(21(16)26)25(3,28)29)30-24-20-18(31-14(2)32-24)12-19(33-4)23(22(20)27)35-11-10-34-15-8-9-15/h5-7,12-13,15H,8-11H2,1-4H3,(H,30,31,32)/t13-/m1/s1. The molecule has 1 heterocycles. The summed E-state index contributed by atoms with van der Waals surface area (Å²) in [7, 11) is 1.39. The molecule has 1 aliphatic rings. The second kappa shape index (κ2) is 9.85. The van der Waals surface area contributed by atoms with E-state index < -0.39 is 29.2 Å². The van der Waals surface area contributed by atoms with Crippen LogP contribution in [0.5, 0.6) is 11.5 Å². The fourth-order valence-electron chi connectivity index (χ4n) is 3.82. The van der Waals surface area contributed by atoms with Crippen LogP contribution in [0, 0.1) is 18.6 Å². The Bertz CT molecular complexity index is 1230. The maximum Gasteiger partial charge on any atom is 0.273 e. The van der Waals surface area contributed by atoms with Gasteiger partial charge in [0.15, 0.2) is 17.3 Å². The van der Waals surface area contributed by atoms with Crippen LogP contribution in [0.1, 0.15) is 49.7 Å². The van der Waals surface area contributed by atoms with E-state index in [2.05, 4.69) is 15.3 Å². The van der Waals surface area contributed by atoms with Gasteiger partial charge in [0.25, 0.3) is 5.92 Å². The fraction of sp³-hybridized carbons (Fsp3) is 0.440. The third-order valence-corrected chi connectivity index (χ3v) is 5.71. The lowest BCUT2D eigenvalue weighted by Gasteiger charge is -2.21. The Kier molecular flexibility index (Phi) is 7.02. The van der Waals surface area contributed by atoms with Crippen LogP contribution in [0.3, 0.4) is 0 Å². The van der Waals surface area contributed by atoms with Gasteiger partial charge in [-0.1, -0.05) is 18.2 Å². The highest BCUT2D eigenvalue weighted by atomic mass is 19.3. The van der Waals surface area contributed by atoms with E-state index in [1.54, 1.807) is 13.8 Å². The number of benzene rings is 2. The Morgan fingerprint density at radius 2 is 1.89 bits per heavy atom. The van der Waals surface area contributed by atoms with Crippen LogP contribution in [0.25, 0.3) is 10.9 Å². The van der Waals surface area contributed by atoms with Crippen molar-refractivity contribution >= 4 is 16.7 Å².